The Balaban J connectivity index is 2.35. The van der Waals surface area contributed by atoms with E-state index in [1.807, 2.05) is 0 Å². The molecule has 0 fully saturated rings. The average Bonchev–Trinajstić information content (AvgIpc) is 2.56. The molecule has 90 valence electrons. The zero-order chi connectivity index (χ0) is 11.9. The molecule has 1 aromatic rings. The highest BCUT2D eigenvalue weighted by Crippen LogP contribution is 2.25. The SMILES string of the molecule is Cc1nn(C(C)C)c2c1CCN(C(C)C)C2. The molecular formula is C13H23N3. The van der Waals surface area contributed by atoms with Crippen LogP contribution in [0.5, 0.6) is 0 Å². The van der Waals surface area contributed by atoms with Crippen molar-refractivity contribution in [1.29, 1.82) is 0 Å². The van der Waals surface area contributed by atoms with Crippen LogP contribution < -0.4 is 0 Å². The Labute approximate surface area is 98.4 Å². The van der Waals surface area contributed by atoms with E-state index in [0.29, 0.717) is 12.1 Å². The van der Waals surface area contributed by atoms with Crippen molar-refractivity contribution in [2.45, 2.75) is 59.7 Å². The molecule has 0 atom stereocenters. The fraction of sp³-hybridized carbons (Fsp3) is 0.769. The first-order valence-electron chi connectivity index (χ1n) is 6.31. The summed E-state index contributed by atoms with van der Waals surface area (Å²) in [5, 5.41) is 4.68. The summed E-state index contributed by atoms with van der Waals surface area (Å²) in [5.41, 5.74) is 4.16. The molecular weight excluding hydrogens is 198 g/mol. The first-order chi connectivity index (χ1) is 7.50. The minimum absolute atomic E-state index is 0.467. The second kappa shape index (κ2) is 4.21. The molecule has 16 heavy (non-hydrogen) atoms. The third kappa shape index (κ3) is 1.88. The van der Waals surface area contributed by atoms with Crippen molar-refractivity contribution in [2.75, 3.05) is 6.54 Å². The second-order valence-corrected chi connectivity index (χ2v) is 5.36. The van der Waals surface area contributed by atoms with Crippen LogP contribution in [0.3, 0.4) is 0 Å². The monoisotopic (exact) mass is 221 g/mol. The topological polar surface area (TPSA) is 21.1 Å². The molecule has 2 heterocycles. The van der Waals surface area contributed by atoms with Gasteiger partial charge in [0, 0.05) is 25.2 Å². The van der Waals surface area contributed by atoms with Crippen molar-refractivity contribution >= 4 is 0 Å². The fourth-order valence-corrected chi connectivity index (χ4v) is 2.52. The second-order valence-electron chi connectivity index (χ2n) is 5.36. The maximum absolute atomic E-state index is 4.68. The van der Waals surface area contributed by atoms with Gasteiger partial charge in [-0.2, -0.15) is 5.10 Å². The number of hydrogen-bond acceptors (Lipinski definition) is 2. The summed E-state index contributed by atoms with van der Waals surface area (Å²) in [4.78, 5) is 2.53. The first kappa shape index (κ1) is 11.6. The van der Waals surface area contributed by atoms with E-state index in [2.05, 4.69) is 49.3 Å². The Morgan fingerprint density at radius 1 is 1.12 bits per heavy atom. The van der Waals surface area contributed by atoms with Gasteiger partial charge in [-0.05, 0) is 46.6 Å². The molecule has 0 radical (unpaired) electrons. The quantitative estimate of drug-likeness (QED) is 0.765. The van der Waals surface area contributed by atoms with E-state index in [4.69, 9.17) is 0 Å². The maximum Gasteiger partial charge on any atom is 0.0629 e. The van der Waals surface area contributed by atoms with Gasteiger partial charge in [0.2, 0.25) is 0 Å². The van der Waals surface area contributed by atoms with Gasteiger partial charge < -0.3 is 0 Å². The van der Waals surface area contributed by atoms with E-state index in [-0.39, 0.29) is 0 Å². The van der Waals surface area contributed by atoms with Crippen LogP contribution in [-0.2, 0) is 13.0 Å². The van der Waals surface area contributed by atoms with Crippen molar-refractivity contribution in [3.63, 3.8) is 0 Å². The lowest BCUT2D eigenvalue weighted by atomic mass is 10.0. The van der Waals surface area contributed by atoms with E-state index in [1.54, 1.807) is 0 Å². The third-order valence-electron chi connectivity index (χ3n) is 3.54. The van der Waals surface area contributed by atoms with E-state index < -0.39 is 0 Å². The van der Waals surface area contributed by atoms with Crippen LogP contribution in [-0.4, -0.2) is 27.3 Å². The zero-order valence-corrected chi connectivity index (χ0v) is 11.1. The van der Waals surface area contributed by atoms with Gasteiger partial charge in [0.1, 0.15) is 0 Å². The molecule has 0 spiro atoms. The van der Waals surface area contributed by atoms with Crippen molar-refractivity contribution in [1.82, 2.24) is 14.7 Å². The van der Waals surface area contributed by atoms with E-state index in [0.717, 1.165) is 13.0 Å². The summed E-state index contributed by atoms with van der Waals surface area (Å²) >= 11 is 0. The van der Waals surface area contributed by atoms with E-state index >= 15 is 0 Å². The van der Waals surface area contributed by atoms with Crippen LogP contribution in [0.1, 0.15) is 50.7 Å². The zero-order valence-electron chi connectivity index (χ0n) is 11.1. The fourth-order valence-electron chi connectivity index (χ4n) is 2.52. The van der Waals surface area contributed by atoms with Crippen molar-refractivity contribution in [3.8, 4) is 0 Å². The Hall–Kier alpha value is -0.830. The first-order valence-corrected chi connectivity index (χ1v) is 6.31. The molecule has 0 aliphatic carbocycles. The van der Waals surface area contributed by atoms with Crippen LogP contribution in [0.25, 0.3) is 0 Å². The number of aryl methyl sites for hydroxylation is 1. The lowest BCUT2D eigenvalue weighted by molar-refractivity contribution is 0.195. The van der Waals surface area contributed by atoms with Gasteiger partial charge in [-0.15, -0.1) is 0 Å². The molecule has 1 aliphatic rings. The normalized spacial score (nSPS) is 17.2. The van der Waals surface area contributed by atoms with Gasteiger partial charge in [-0.3, -0.25) is 9.58 Å². The van der Waals surface area contributed by atoms with Crippen LogP contribution in [0.4, 0.5) is 0 Å². The van der Waals surface area contributed by atoms with E-state index in [9.17, 15) is 0 Å². The minimum atomic E-state index is 0.467. The average molecular weight is 221 g/mol. The minimum Gasteiger partial charge on any atom is -0.295 e. The summed E-state index contributed by atoms with van der Waals surface area (Å²) in [6.45, 7) is 13.3. The molecule has 0 N–H and O–H groups in total. The molecule has 1 aliphatic heterocycles. The molecule has 0 unspecified atom stereocenters. The standard InChI is InChI=1S/C13H23N3/c1-9(2)15-7-6-12-11(5)14-16(10(3)4)13(12)8-15/h9-10H,6-8H2,1-5H3. The molecule has 0 saturated carbocycles. The number of fused-ring (bicyclic) bond motifs is 1. The third-order valence-corrected chi connectivity index (χ3v) is 3.54. The van der Waals surface area contributed by atoms with E-state index in [1.165, 1.54) is 23.5 Å². The van der Waals surface area contributed by atoms with Gasteiger partial charge in [-0.25, -0.2) is 0 Å². The van der Waals surface area contributed by atoms with Crippen molar-refractivity contribution in [3.05, 3.63) is 17.0 Å². The lowest BCUT2D eigenvalue weighted by Crippen LogP contribution is -2.36. The molecule has 2 rings (SSSR count). The van der Waals surface area contributed by atoms with Gasteiger partial charge >= 0.3 is 0 Å². The summed E-state index contributed by atoms with van der Waals surface area (Å²) < 4.78 is 2.21. The largest absolute Gasteiger partial charge is 0.295 e. The molecule has 3 heteroatoms. The number of hydrogen-bond donors (Lipinski definition) is 0. The molecule has 0 saturated heterocycles. The highest BCUT2D eigenvalue weighted by Gasteiger charge is 2.25. The Morgan fingerprint density at radius 3 is 2.38 bits per heavy atom. The van der Waals surface area contributed by atoms with Gasteiger partial charge in [0.15, 0.2) is 0 Å². The number of nitrogens with zero attached hydrogens (tertiary/aromatic N) is 3. The molecule has 0 amide bonds. The molecule has 0 bridgehead atoms. The van der Waals surface area contributed by atoms with Crippen LogP contribution in [0, 0.1) is 6.92 Å². The maximum atomic E-state index is 4.68. The number of rotatable bonds is 2. The summed E-state index contributed by atoms with van der Waals surface area (Å²) in [6.07, 6.45) is 1.16. The van der Waals surface area contributed by atoms with Gasteiger partial charge in [-0.1, -0.05) is 0 Å². The summed E-state index contributed by atoms with van der Waals surface area (Å²) in [7, 11) is 0. The summed E-state index contributed by atoms with van der Waals surface area (Å²) in [6, 6.07) is 1.10. The Bertz CT molecular complexity index is 377. The van der Waals surface area contributed by atoms with Crippen molar-refractivity contribution < 1.29 is 0 Å². The lowest BCUT2D eigenvalue weighted by Gasteiger charge is -2.31. The van der Waals surface area contributed by atoms with Crippen molar-refractivity contribution in [2.24, 2.45) is 0 Å². The molecule has 1 aromatic heterocycles. The highest BCUT2D eigenvalue weighted by atomic mass is 15.3. The summed E-state index contributed by atoms with van der Waals surface area (Å²) in [5.74, 6) is 0. The van der Waals surface area contributed by atoms with Crippen LogP contribution in [0.2, 0.25) is 0 Å². The van der Waals surface area contributed by atoms with Crippen LogP contribution in [0.15, 0.2) is 0 Å². The van der Waals surface area contributed by atoms with Gasteiger partial charge in [0.05, 0.1) is 11.4 Å². The predicted octanol–water partition coefficient (Wildman–Crippen LogP) is 2.54. The highest BCUT2D eigenvalue weighted by molar-refractivity contribution is 5.28. The number of aromatic nitrogens is 2. The molecule has 0 aromatic carbocycles. The van der Waals surface area contributed by atoms with Crippen LogP contribution >= 0.6 is 0 Å². The molecule has 3 nitrogen and oxygen atoms in total. The Morgan fingerprint density at radius 2 is 1.81 bits per heavy atom. The Kier molecular flexibility index (Phi) is 3.06. The smallest absolute Gasteiger partial charge is 0.0629 e. The van der Waals surface area contributed by atoms with Gasteiger partial charge in [0.25, 0.3) is 0 Å². The predicted molar refractivity (Wildman–Crippen MR) is 66.6 cm³/mol.